The molecule has 0 atom stereocenters. The first-order valence-corrected chi connectivity index (χ1v) is 18.9. The number of hydrogen-bond acceptors (Lipinski definition) is 4. The summed E-state index contributed by atoms with van der Waals surface area (Å²) in [5.74, 6) is 0. The van der Waals surface area contributed by atoms with Gasteiger partial charge in [-0.25, -0.2) is 19.9 Å². The predicted octanol–water partition coefficient (Wildman–Crippen LogP) is 13.4. The number of fused-ring (bicyclic) bond motifs is 8. The minimum absolute atomic E-state index is 0.904. The van der Waals surface area contributed by atoms with Crippen molar-refractivity contribution in [2.75, 3.05) is 0 Å². The van der Waals surface area contributed by atoms with E-state index in [1.54, 1.807) is 0 Å². The molecule has 0 aliphatic heterocycles. The van der Waals surface area contributed by atoms with Crippen molar-refractivity contribution in [2.45, 2.75) is 0 Å². The molecule has 0 radical (unpaired) electrons. The van der Waals surface area contributed by atoms with Gasteiger partial charge in [0.1, 0.15) is 0 Å². The van der Waals surface area contributed by atoms with Crippen LogP contribution < -0.4 is 0 Å². The molecule has 4 heteroatoms. The van der Waals surface area contributed by atoms with Crippen LogP contribution in [-0.4, -0.2) is 19.9 Å². The number of benzene rings is 7. The first-order chi connectivity index (χ1) is 27.7. The first kappa shape index (κ1) is 31.9. The van der Waals surface area contributed by atoms with E-state index in [1.165, 1.54) is 5.39 Å². The summed E-state index contributed by atoms with van der Waals surface area (Å²) in [5.41, 5.74) is 14.1. The van der Waals surface area contributed by atoms with Crippen LogP contribution in [-0.2, 0) is 0 Å². The zero-order valence-corrected chi connectivity index (χ0v) is 30.3. The molecule has 0 bridgehead atoms. The minimum Gasteiger partial charge on any atom is -0.248 e. The average Bonchev–Trinajstić information content (AvgIpc) is 3.28. The van der Waals surface area contributed by atoms with E-state index in [-0.39, 0.29) is 0 Å². The summed E-state index contributed by atoms with van der Waals surface area (Å²) in [7, 11) is 0. The maximum Gasteiger partial charge on any atom is 0.0972 e. The van der Waals surface area contributed by atoms with Crippen LogP contribution in [0.3, 0.4) is 0 Å². The molecule has 0 fully saturated rings. The molecular formula is C52H32N4. The smallest absolute Gasteiger partial charge is 0.0972 e. The molecule has 0 unspecified atom stereocenters. The Morgan fingerprint density at radius 2 is 0.786 bits per heavy atom. The standard InChI is InChI=1S/C52H32N4/c1-3-10-34(11-4-1)44-30-27-43-48(53-44)31-26-42-41-16-7-8-17-47(41)56-50(49(42)43)36-20-18-33(19-21-36)39-14-9-15-40(32-39)46-29-25-38-23-22-37-24-28-45(35-12-5-2-6-13-35)54-51(37)52(38)55-46/h1-32H. The molecule has 260 valence electrons. The van der Waals surface area contributed by atoms with E-state index < -0.39 is 0 Å². The molecule has 0 N–H and O–H groups in total. The van der Waals surface area contributed by atoms with E-state index in [2.05, 4.69) is 170 Å². The van der Waals surface area contributed by atoms with E-state index in [0.29, 0.717) is 0 Å². The number of aromatic nitrogens is 4. The second-order valence-corrected chi connectivity index (χ2v) is 14.2. The SMILES string of the molecule is c1ccc(-c2ccc3c(ccc4c5ccccc5nc(-c5ccc(-c6cccc(-c7ccc8ccc9ccc(-c%10ccccc%10)nc9c8n7)c6)cc5)c34)n2)cc1. The van der Waals surface area contributed by atoms with Gasteiger partial charge in [-0.2, -0.15) is 0 Å². The molecule has 0 aliphatic carbocycles. The van der Waals surface area contributed by atoms with Crippen LogP contribution in [0.2, 0.25) is 0 Å². The highest BCUT2D eigenvalue weighted by molar-refractivity contribution is 6.20. The summed E-state index contributed by atoms with van der Waals surface area (Å²) in [6, 6.07) is 67.9. The van der Waals surface area contributed by atoms with Crippen LogP contribution in [0.25, 0.3) is 111 Å². The van der Waals surface area contributed by atoms with Gasteiger partial charge in [0.15, 0.2) is 0 Å². The highest BCUT2D eigenvalue weighted by atomic mass is 14.8. The Balaban J connectivity index is 0.987. The molecule has 0 saturated carbocycles. The average molecular weight is 713 g/mol. The second kappa shape index (κ2) is 13.1. The summed E-state index contributed by atoms with van der Waals surface area (Å²) in [5, 5.41) is 6.66. The van der Waals surface area contributed by atoms with Gasteiger partial charge in [0, 0.05) is 49.2 Å². The molecule has 11 rings (SSSR count). The van der Waals surface area contributed by atoms with Gasteiger partial charge in [0.25, 0.3) is 0 Å². The van der Waals surface area contributed by atoms with Gasteiger partial charge >= 0.3 is 0 Å². The van der Waals surface area contributed by atoms with Crippen molar-refractivity contribution in [3.8, 4) is 56.2 Å². The molecule has 7 aromatic carbocycles. The molecule has 4 heterocycles. The number of pyridine rings is 4. The highest BCUT2D eigenvalue weighted by Crippen LogP contribution is 2.39. The van der Waals surface area contributed by atoms with Gasteiger partial charge in [-0.3, -0.25) is 0 Å². The molecule has 4 nitrogen and oxygen atoms in total. The summed E-state index contributed by atoms with van der Waals surface area (Å²) in [4.78, 5) is 20.7. The predicted molar refractivity (Wildman–Crippen MR) is 232 cm³/mol. The van der Waals surface area contributed by atoms with Gasteiger partial charge in [0.2, 0.25) is 0 Å². The third kappa shape index (κ3) is 5.47. The third-order valence-corrected chi connectivity index (χ3v) is 10.8. The largest absolute Gasteiger partial charge is 0.248 e. The van der Waals surface area contributed by atoms with Gasteiger partial charge < -0.3 is 0 Å². The van der Waals surface area contributed by atoms with Crippen LogP contribution in [0.5, 0.6) is 0 Å². The Bertz CT molecular complexity index is 3290. The van der Waals surface area contributed by atoms with Crippen LogP contribution >= 0.6 is 0 Å². The lowest BCUT2D eigenvalue weighted by molar-refractivity contribution is 1.36. The number of para-hydroxylation sites is 1. The molecule has 0 spiro atoms. The number of rotatable bonds is 5. The van der Waals surface area contributed by atoms with Crippen LogP contribution in [0, 0.1) is 0 Å². The van der Waals surface area contributed by atoms with Gasteiger partial charge in [-0.1, -0.05) is 152 Å². The normalized spacial score (nSPS) is 11.6. The Labute approximate surface area is 323 Å². The van der Waals surface area contributed by atoms with E-state index in [0.717, 1.165) is 105 Å². The highest BCUT2D eigenvalue weighted by Gasteiger charge is 2.16. The number of hydrogen-bond donors (Lipinski definition) is 0. The van der Waals surface area contributed by atoms with Gasteiger partial charge in [-0.05, 0) is 59.0 Å². The van der Waals surface area contributed by atoms with Crippen molar-refractivity contribution >= 4 is 54.4 Å². The Morgan fingerprint density at radius 3 is 1.50 bits per heavy atom. The summed E-state index contributed by atoms with van der Waals surface area (Å²) in [6.07, 6.45) is 0. The van der Waals surface area contributed by atoms with Gasteiger partial charge in [-0.15, -0.1) is 0 Å². The third-order valence-electron chi connectivity index (χ3n) is 10.8. The molecule has 4 aromatic heterocycles. The fourth-order valence-corrected chi connectivity index (χ4v) is 8.01. The minimum atomic E-state index is 0.904. The molecular weight excluding hydrogens is 681 g/mol. The van der Waals surface area contributed by atoms with Gasteiger partial charge in [0.05, 0.1) is 44.8 Å². The van der Waals surface area contributed by atoms with Crippen molar-refractivity contribution in [1.29, 1.82) is 0 Å². The van der Waals surface area contributed by atoms with Crippen molar-refractivity contribution in [3.63, 3.8) is 0 Å². The van der Waals surface area contributed by atoms with Crippen LogP contribution in [0.4, 0.5) is 0 Å². The summed E-state index contributed by atoms with van der Waals surface area (Å²) >= 11 is 0. The second-order valence-electron chi connectivity index (χ2n) is 14.2. The molecule has 0 amide bonds. The quantitative estimate of drug-likeness (QED) is 0.167. The summed E-state index contributed by atoms with van der Waals surface area (Å²) in [6.45, 7) is 0. The van der Waals surface area contributed by atoms with Crippen LogP contribution in [0.15, 0.2) is 194 Å². The lowest BCUT2D eigenvalue weighted by Crippen LogP contribution is -1.93. The first-order valence-electron chi connectivity index (χ1n) is 18.9. The van der Waals surface area contributed by atoms with Crippen molar-refractivity contribution in [1.82, 2.24) is 19.9 Å². The fraction of sp³-hybridized carbons (Fsp3) is 0. The van der Waals surface area contributed by atoms with E-state index >= 15 is 0 Å². The van der Waals surface area contributed by atoms with E-state index in [9.17, 15) is 0 Å². The Hall–Kier alpha value is -7.56. The molecule has 0 aliphatic rings. The fourth-order valence-electron chi connectivity index (χ4n) is 8.01. The maximum absolute atomic E-state index is 5.29. The summed E-state index contributed by atoms with van der Waals surface area (Å²) < 4.78 is 0. The lowest BCUT2D eigenvalue weighted by atomic mass is 9.95. The maximum atomic E-state index is 5.29. The van der Waals surface area contributed by atoms with Crippen molar-refractivity contribution in [2.24, 2.45) is 0 Å². The van der Waals surface area contributed by atoms with Crippen LogP contribution in [0.1, 0.15) is 0 Å². The zero-order valence-electron chi connectivity index (χ0n) is 30.3. The zero-order chi connectivity index (χ0) is 37.0. The molecule has 56 heavy (non-hydrogen) atoms. The Morgan fingerprint density at radius 1 is 0.268 bits per heavy atom. The van der Waals surface area contributed by atoms with Crippen molar-refractivity contribution < 1.29 is 0 Å². The Kier molecular flexibility index (Phi) is 7.46. The van der Waals surface area contributed by atoms with E-state index in [4.69, 9.17) is 19.9 Å². The van der Waals surface area contributed by atoms with E-state index in [1.807, 2.05) is 24.3 Å². The van der Waals surface area contributed by atoms with Crippen molar-refractivity contribution in [3.05, 3.63) is 194 Å². The molecule has 11 aromatic rings. The topological polar surface area (TPSA) is 51.6 Å². The monoisotopic (exact) mass is 712 g/mol. The molecule has 0 saturated heterocycles. The number of nitrogens with zero attached hydrogens (tertiary/aromatic N) is 4. The lowest BCUT2D eigenvalue weighted by Gasteiger charge is -2.14.